The molecule has 0 bridgehead atoms. The maximum Gasteiger partial charge on any atom is 0.145 e. The predicted molar refractivity (Wildman–Crippen MR) is 117 cm³/mol. The van der Waals surface area contributed by atoms with Crippen molar-refractivity contribution < 1.29 is 4.42 Å². The third-order valence-electron chi connectivity index (χ3n) is 7.67. The van der Waals surface area contributed by atoms with Gasteiger partial charge in [-0.2, -0.15) is 0 Å². The van der Waals surface area contributed by atoms with Crippen molar-refractivity contribution >= 4 is 27.3 Å². The molecule has 0 N–H and O–H groups in total. The standard InChI is InChI=1S/C22H25NOS.C2H6/c1-13-18-17(19-16(24-18)11-12-25-19)22(6)21(4,5)20(2,3)14-9-7-8-10-15(14)23(13)22;1-2/h7-13H,1-6H3;1-2H3. The van der Waals surface area contributed by atoms with Crippen LogP contribution in [0.2, 0.25) is 0 Å². The fraction of sp³-hybridized carbons (Fsp3) is 0.500. The lowest BCUT2D eigenvalue weighted by Crippen LogP contribution is -2.61. The molecule has 3 aromatic rings. The molecule has 2 nitrogen and oxygen atoms in total. The summed E-state index contributed by atoms with van der Waals surface area (Å²) >= 11 is 1.82. The molecule has 0 aliphatic carbocycles. The molecule has 5 rings (SSSR count). The molecule has 27 heavy (non-hydrogen) atoms. The van der Waals surface area contributed by atoms with Crippen LogP contribution in [0.15, 0.2) is 40.1 Å². The Bertz CT molecular complexity index is 1010. The number of rotatable bonds is 0. The van der Waals surface area contributed by atoms with E-state index in [1.54, 1.807) is 0 Å². The van der Waals surface area contributed by atoms with Gasteiger partial charge in [0.25, 0.3) is 0 Å². The third-order valence-corrected chi connectivity index (χ3v) is 8.59. The second-order valence-electron chi connectivity index (χ2n) is 8.84. The number of anilines is 1. The number of thiophene rings is 1. The molecule has 2 aliphatic rings. The highest BCUT2D eigenvalue weighted by atomic mass is 32.1. The van der Waals surface area contributed by atoms with E-state index in [1.165, 1.54) is 21.5 Å². The van der Waals surface area contributed by atoms with Gasteiger partial charge in [0.15, 0.2) is 0 Å². The van der Waals surface area contributed by atoms with E-state index in [4.69, 9.17) is 4.42 Å². The van der Waals surface area contributed by atoms with Crippen LogP contribution in [-0.2, 0) is 11.0 Å². The molecule has 0 fully saturated rings. The van der Waals surface area contributed by atoms with E-state index in [1.807, 2.05) is 25.2 Å². The van der Waals surface area contributed by atoms with Crippen molar-refractivity contribution in [1.29, 1.82) is 0 Å². The highest BCUT2D eigenvalue weighted by Crippen LogP contribution is 2.68. The molecule has 0 amide bonds. The first kappa shape index (κ1) is 18.6. The summed E-state index contributed by atoms with van der Waals surface area (Å²) in [6, 6.07) is 11.3. The Morgan fingerprint density at radius 2 is 1.67 bits per heavy atom. The van der Waals surface area contributed by atoms with E-state index in [2.05, 4.69) is 82.2 Å². The van der Waals surface area contributed by atoms with Crippen LogP contribution in [0.4, 0.5) is 5.69 Å². The molecule has 1 aromatic carbocycles. The van der Waals surface area contributed by atoms with Crippen LogP contribution in [-0.4, -0.2) is 0 Å². The minimum absolute atomic E-state index is 0.0364. The number of fused-ring (bicyclic) bond motifs is 7. The number of furan rings is 1. The molecule has 0 saturated carbocycles. The summed E-state index contributed by atoms with van der Waals surface area (Å²) in [6.45, 7) is 18.4. The highest BCUT2D eigenvalue weighted by molar-refractivity contribution is 7.17. The van der Waals surface area contributed by atoms with E-state index in [9.17, 15) is 0 Å². The van der Waals surface area contributed by atoms with Crippen molar-refractivity contribution in [3.05, 3.63) is 52.6 Å². The quantitative estimate of drug-likeness (QED) is 0.398. The van der Waals surface area contributed by atoms with Gasteiger partial charge in [-0.05, 0) is 42.3 Å². The normalized spacial score (nSPS) is 26.8. The Morgan fingerprint density at radius 1 is 1.00 bits per heavy atom. The number of nitrogens with zero attached hydrogens (tertiary/aromatic N) is 1. The van der Waals surface area contributed by atoms with Crippen LogP contribution in [0.3, 0.4) is 0 Å². The van der Waals surface area contributed by atoms with Gasteiger partial charge in [-0.25, -0.2) is 0 Å². The van der Waals surface area contributed by atoms with E-state index in [0.29, 0.717) is 0 Å². The van der Waals surface area contributed by atoms with E-state index >= 15 is 0 Å². The van der Waals surface area contributed by atoms with Crippen molar-refractivity contribution in [2.45, 2.75) is 72.4 Å². The van der Waals surface area contributed by atoms with Crippen LogP contribution in [0.25, 0.3) is 10.3 Å². The van der Waals surface area contributed by atoms with Crippen molar-refractivity contribution in [3.8, 4) is 0 Å². The molecule has 0 radical (unpaired) electrons. The van der Waals surface area contributed by atoms with Crippen molar-refractivity contribution in [3.63, 3.8) is 0 Å². The maximum absolute atomic E-state index is 6.37. The largest absolute Gasteiger partial charge is 0.458 e. The van der Waals surface area contributed by atoms with Crippen LogP contribution < -0.4 is 4.90 Å². The minimum atomic E-state index is -0.101. The summed E-state index contributed by atoms with van der Waals surface area (Å²) in [5, 5.41) is 2.15. The van der Waals surface area contributed by atoms with E-state index in [0.717, 1.165) is 11.3 Å². The molecule has 4 heterocycles. The monoisotopic (exact) mass is 381 g/mol. The molecule has 2 unspecified atom stereocenters. The third kappa shape index (κ3) is 1.91. The van der Waals surface area contributed by atoms with Gasteiger partial charge in [0.05, 0.1) is 16.3 Å². The molecule has 0 spiro atoms. The average Bonchev–Trinajstić information content (AvgIpc) is 3.28. The SMILES string of the molecule is CC.CC1c2oc3ccsc3c2C2(C)N1c1ccccc1C(C)(C)C2(C)C. The molecule has 0 saturated heterocycles. The lowest BCUT2D eigenvalue weighted by Gasteiger charge is -2.61. The topological polar surface area (TPSA) is 16.4 Å². The van der Waals surface area contributed by atoms with Crippen LogP contribution >= 0.6 is 11.3 Å². The predicted octanol–water partition coefficient (Wildman–Crippen LogP) is 7.63. The van der Waals surface area contributed by atoms with Crippen molar-refractivity contribution in [2.75, 3.05) is 4.90 Å². The molecule has 2 atom stereocenters. The Kier molecular flexibility index (Phi) is 3.89. The zero-order chi connectivity index (χ0) is 19.8. The number of benzene rings is 1. The summed E-state index contributed by atoms with van der Waals surface area (Å²) in [5.74, 6) is 1.16. The Morgan fingerprint density at radius 3 is 2.37 bits per heavy atom. The molecule has 144 valence electrons. The zero-order valence-electron chi connectivity index (χ0n) is 17.8. The summed E-state index contributed by atoms with van der Waals surface area (Å²) in [5.41, 5.74) is 5.25. The summed E-state index contributed by atoms with van der Waals surface area (Å²) in [4.78, 5) is 2.63. The van der Waals surface area contributed by atoms with Crippen molar-refractivity contribution in [1.82, 2.24) is 0 Å². The molecular weight excluding hydrogens is 350 g/mol. The summed E-state index contributed by atoms with van der Waals surface area (Å²) in [7, 11) is 0. The Hall–Kier alpha value is -1.74. The fourth-order valence-electron chi connectivity index (χ4n) is 5.44. The van der Waals surface area contributed by atoms with Gasteiger partial charge in [0, 0.05) is 16.7 Å². The first-order valence-corrected chi connectivity index (χ1v) is 11.0. The Balaban J connectivity index is 0.000000872. The summed E-state index contributed by atoms with van der Waals surface area (Å²) in [6.07, 6.45) is 0. The molecule has 3 heteroatoms. The van der Waals surface area contributed by atoms with Gasteiger partial charge in [0.1, 0.15) is 11.3 Å². The van der Waals surface area contributed by atoms with E-state index < -0.39 is 0 Å². The first-order valence-electron chi connectivity index (χ1n) is 10.1. The number of para-hydroxylation sites is 1. The summed E-state index contributed by atoms with van der Waals surface area (Å²) < 4.78 is 7.69. The lowest BCUT2D eigenvalue weighted by molar-refractivity contribution is 0.0662. The second kappa shape index (κ2) is 5.64. The van der Waals surface area contributed by atoms with E-state index in [-0.39, 0.29) is 22.4 Å². The van der Waals surface area contributed by atoms with Gasteiger partial charge in [-0.1, -0.05) is 59.7 Å². The first-order chi connectivity index (χ1) is 12.7. The van der Waals surface area contributed by atoms with Crippen molar-refractivity contribution in [2.24, 2.45) is 5.41 Å². The average molecular weight is 382 g/mol. The minimum Gasteiger partial charge on any atom is -0.458 e. The number of hydrogen-bond donors (Lipinski definition) is 0. The van der Waals surface area contributed by atoms with Gasteiger partial charge < -0.3 is 9.32 Å². The zero-order valence-corrected chi connectivity index (χ0v) is 18.6. The molecule has 2 aromatic heterocycles. The highest BCUT2D eigenvalue weighted by Gasteiger charge is 2.65. The Labute approximate surface area is 167 Å². The maximum atomic E-state index is 6.37. The van der Waals surface area contributed by atoms with Gasteiger partial charge in [-0.15, -0.1) is 11.3 Å². The lowest BCUT2D eigenvalue weighted by atomic mass is 9.51. The van der Waals surface area contributed by atoms with Gasteiger partial charge >= 0.3 is 0 Å². The van der Waals surface area contributed by atoms with Crippen LogP contribution in [0.5, 0.6) is 0 Å². The van der Waals surface area contributed by atoms with Crippen LogP contribution in [0.1, 0.15) is 78.3 Å². The molecule has 2 aliphatic heterocycles. The fourth-order valence-corrected chi connectivity index (χ4v) is 6.41. The van der Waals surface area contributed by atoms with Gasteiger partial charge in [0.2, 0.25) is 0 Å². The smallest absolute Gasteiger partial charge is 0.145 e. The second-order valence-corrected chi connectivity index (χ2v) is 9.76. The number of hydrogen-bond acceptors (Lipinski definition) is 3. The van der Waals surface area contributed by atoms with Gasteiger partial charge in [-0.3, -0.25) is 0 Å². The van der Waals surface area contributed by atoms with Crippen LogP contribution in [0, 0.1) is 5.41 Å². The molecular formula is C24H31NOS.